The van der Waals surface area contributed by atoms with Gasteiger partial charge in [0, 0.05) is 44.0 Å². The van der Waals surface area contributed by atoms with Crippen LogP contribution in [0.25, 0.3) is 0 Å². The van der Waals surface area contributed by atoms with Crippen molar-refractivity contribution in [1.29, 1.82) is 0 Å². The standard InChI is InChI=1S/C24H33N3O3/c1-5-7-21-22(18(4)28)17(3)25-23(21)24(29)27-14-12-26(13-15-27)16-19-8-10-20(11-9-19)30-6-2/h8-11,25H,5-7,12-16H2,1-4H3. The van der Waals surface area contributed by atoms with E-state index < -0.39 is 0 Å². The molecule has 1 N–H and O–H groups in total. The van der Waals surface area contributed by atoms with Crippen LogP contribution in [-0.2, 0) is 13.0 Å². The van der Waals surface area contributed by atoms with Crippen molar-refractivity contribution in [2.24, 2.45) is 0 Å². The molecule has 0 saturated carbocycles. The quantitative estimate of drug-likeness (QED) is 0.671. The first-order chi connectivity index (χ1) is 14.4. The second kappa shape index (κ2) is 9.94. The van der Waals surface area contributed by atoms with Crippen molar-refractivity contribution in [3.63, 3.8) is 0 Å². The number of nitrogens with one attached hydrogen (secondary N) is 1. The van der Waals surface area contributed by atoms with Crippen molar-refractivity contribution in [2.45, 2.75) is 47.1 Å². The molecule has 2 aromatic rings. The summed E-state index contributed by atoms with van der Waals surface area (Å²) in [4.78, 5) is 32.8. The Morgan fingerprint density at radius 1 is 1.07 bits per heavy atom. The Bertz CT molecular complexity index is 878. The Morgan fingerprint density at radius 3 is 2.30 bits per heavy atom. The zero-order valence-corrected chi connectivity index (χ0v) is 18.6. The number of Topliss-reactive ketones (excluding diaryl/α,β-unsaturated/α-hetero) is 1. The predicted octanol–water partition coefficient (Wildman–Crippen LogP) is 3.83. The van der Waals surface area contributed by atoms with Crippen LogP contribution < -0.4 is 4.74 Å². The molecular weight excluding hydrogens is 378 g/mol. The van der Waals surface area contributed by atoms with E-state index in [1.54, 1.807) is 6.92 Å². The third-order valence-corrected chi connectivity index (χ3v) is 5.66. The third kappa shape index (κ3) is 4.93. The molecule has 162 valence electrons. The third-order valence-electron chi connectivity index (χ3n) is 5.66. The van der Waals surface area contributed by atoms with Crippen LogP contribution >= 0.6 is 0 Å². The second-order valence-corrected chi connectivity index (χ2v) is 7.93. The highest BCUT2D eigenvalue weighted by Gasteiger charge is 2.28. The first-order valence-electron chi connectivity index (χ1n) is 10.9. The number of amides is 1. The van der Waals surface area contributed by atoms with Crippen LogP contribution in [0.3, 0.4) is 0 Å². The highest BCUT2D eigenvalue weighted by molar-refractivity contribution is 6.02. The van der Waals surface area contributed by atoms with Gasteiger partial charge >= 0.3 is 0 Å². The van der Waals surface area contributed by atoms with Crippen molar-refractivity contribution >= 4 is 11.7 Å². The number of ketones is 1. The van der Waals surface area contributed by atoms with Crippen molar-refractivity contribution in [3.05, 3.63) is 52.3 Å². The molecule has 1 aliphatic rings. The number of H-pyrrole nitrogens is 1. The Labute approximate surface area is 179 Å². The van der Waals surface area contributed by atoms with Gasteiger partial charge in [0.15, 0.2) is 5.78 Å². The molecule has 1 aliphatic heterocycles. The van der Waals surface area contributed by atoms with E-state index in [1.165, 1.54) is 5.56 Å². The summed E-state index contributed by atoms with van der Waals surface area (Å²) in [7, 11) is 0. The Balaban J connectivity index is 1.63. The molecule has 2 heterocycles. The summed E-state index contributed by atoms with van der Waals surface area (Å²) in [6, 6.07) is 8.22. The maximum absolute atomic E-state index is 13.2. The summed E-state index contributed by atoms with van der Waals surface area (Å²) in [5.41, 5.74) is 4.20. The maximum atomic E-state index is 13.2. The van der Waals surface area contributed by atoms with Crippen molar-refractivity contribution in [1.82, 2.24) is 14.8 Å². The first kappa shape index (κ1) is 22.1. The largest absolute Gasteiger partial charge is 0.494 e. The van der Waals surface area contributed by atoms with Crippen LogP contribution in [0.5, 0.6) is 5.75 Å². The van der Waals surface area contributed by atoms with E-state index in [1.807, 2.05) is 30.9 Å². The number of rotatable bonds is 8. The zero-order valence-electron chi connectivity index (χ0n) is 18.6. The molecule has 30 heavy (non-hydrogen) atoms. The van der Waals surface area contributed by atoms with Crippen LogP contribution in [0.1, 0.15) is 64.9 Å². The number of carbonyl (C=O) groups is 2. The first-order valence-corrected chi connectivity index (χ1v) is 10.9. The average Bonchev–Trinajstić information content (AvgIpc) is 3.06. The van der Waals surface area contributed by atoms with Gasteiger partial charge in [-0.15, -0.1) is 0 Å². The van der Waals surface area contributed by atoms with Gasteiger partial charge in [0.25, 0.3) is 5.91 Å². The summed E-state index contributed by atoms with van der Waals surface area (Å²) < 4.78 is 5.50. The molecule has 1 aromatic heterocycles. The van der Waals surface area contributed by atoms with Crippen molar-refractivity contribution in [3.8, 4) is 5.75 Å². The Morgan fingerprint density at radius 2 is 1.73 bits per heavy atom. The van der Waals surface area contributed by atoms with Crippen LogP contribution in [0, 0.1) is 6.92 Å². The fourth-order valence-electron chi connectivity index (χ4n) is 4.22. The fraction of sp³-hybridized carbons (Fsp3) is 0.500. The summed E-state index contributed by atoms with van der Waals surface area (Å²) in [6.07, 6.45) is 1.63. The minimum absolute atomic E-state index is 0.00904. The molecule has 1 amide bonds. The topological polar surface area (TPSA) is 65.6 Å². The number of aromatic nitrogens is 1. The van der Waals surface area contributed by atoms with Gasteiger partial charge in [-0.05, 0) is 50.5 Å². The normalized spacial score (nSPS) is 14.7. The van der Waals surface area contributed by atoms with Crippen LogP contribution in [0.2, 0.25) is 0 Å². The number of aryl methyl sites for hydroxylation is 1. The molecule has 0 unspecified atom stereocenters. The molecule has 1 saturated heterocycles. The minimum Gasteiger partial charge on any atom is -0.494 e. The van der Waals surface area contributed by atoms with Crippen LogP contribution in [-0.4, -0.2) is 59.3 Å². The van der Waals surface area contributed by atoms with E-state index >= 15 is 0 Å². The summed E-state index contributed by atoms with van der Waals surface area (Å²) in [5, 5.41) is 0. The molecule has 0 aliphatic carbocycles. The van der Waals surface area contributed by atoms with Gasteiger partial charge in [-0.1, -0.05) is 25.5 Å². The van der Waals surface area contributed by atoms with Gasteiger partial charge in [-0.2, -0.15) is 0 Å². The van der Waals surface area contributed by atoms with Gasteiger partial charge in [-0.3, -0.25) is 14.5 Å². The van der Waals surface area contributed by atoms with Gasteiger partial charge < -0.3 is 14.6 Å². The van der Waals surface area contributed by atoms with E-state index in [2.05, 4.69) is 28.9 Å². The fourth-order valence-corrected chi connectivity index (χ4v) is 4.22. The molecule has 1 aromatic carbocycles. The number of hydrogen-bond acceptors (Lipinski definition) is 4. The summed E-state index contributed by atoms with van der Waals surface area (Å²) in [6.45, 7) is 12.1. The molecule has 1 fully saturated rings. The number of hydrogen-bond donors (Lipinski definition) is 1. The lowest BCUT2D eigenvalue weighted by Gasteiger charge is -2.34. The number of ether oxygens (including phenoxy) is 1. The van der Waals surface area contributed by atoms with Gasteiger partial charge in [-0.25, -0.2) is 0 Å². The Hall–Kier alpha value is -2.60. The molecule has 0 atom stereocenters. The highest BCUT2D eigenvalue weighted by Crippen LogP contribution is 2.23. The molecular formula is C24H33N3O3. The van der Waals surface area contributed by atoms with Crippen molar-refractivity contribution in [2.75, 3.05) is 32.8 Å². The molecule has 6 heteroatoms. The monoisotopic (exact) mass is 411 g/mol. The molecule has 0 radical (unpaired) electrons. The lowest BCUT2D eigenvalue weighted by Crippen LogP contribution is -2.48. The van der Waals surface area contributed by atoms with Crippen molar-refractivity contribution < 1.29 is 14.3 Å². The minimum atomic E-state index is 0.00904. The second-order valence-electron chi connectivity index (χ2n) is 7.93. The number of carbonyl (C=O) groups excluding carboxylic acids is 2. The summed E-state index contributed by atoms with van der Waals surface area (Å²) >= 11 is 0. The van der Waals surface area contributed by atoms with E-state index in [9.17, 15) is 9.59 Å². The van der Waals surface area contributed by atoms with E-state index in [0.29, 0.717) is 31.0 Å². The predicted molar refractivity (Wildman–Crippen MR) is 118 cm³/mol. The van der Waals surface area contributed by atoms with Gasteiger partial charge in [0.2, 0.25) is 0 Å². The smallest absolute Gasteiger partial charge is 0.270 e. The summed E-state index contributed by atoms with van der Waals surface area (Å²) in [5.74, 6) is 0.923. The van der Waals surface area contributed by atoms with Gasteiger partial charge in [0.05, 0.1) is 6.61 Å². The molecule has 3 rings (SSSR count). The SMILES string of the molecule is CCCc1c(C(=O)N2CCN(Cc3ccc(OCC)cc3)CC2)[nH]c(C)c1C(C)=O. The number of nitrogens with zero attached hydrogens (tertiary/aromatic N) is 2. The lowest BCUT2D eigenvalue weighted by atomic mass is 10.0. The number of benzene rings is 1. The van der Waals surface area contributed by atoms with Crippen LogP contribution in [0.15, 0.2) is 24.3 Å². The zero-order chi connectivity index (χ0) is 21.7. The highest BCUT2D eigenvalue weighted by atomic mass is 16.5. The molecule has 0 spiro atoms. The maximum Gasteiger partial charge on any atom is 0.270 e. The average molecular weight is 412 g/mol. The lowest BCUT2D eigenvalue weighted by molar-refractivity contribution is 0.0622. The Kier molecular flexibility index (Phi) is 7.32. The number of piperazine rings is 1. The van der Waals surface area contributed by atoms with E-state index in [-0.39, 0.29) is 11.7 Å². The number of aromatic amines is 1. The molecule has 0 bridgehead atoms. The van der Waals surface area contributed by atoms with E-state index in [4.69, 9.17) is 4.74 Å². The van der Waals surface area contributed by atoms with E-state index in [0.717, 1.165) is 49.5 Å². The van der Waals surface area contributed by atoms with Crippen LogP contribution in [0.4, 0.5) is 0 Å². The molecule has 6 nitrogen and oxygen atoms in total. The van der Waals surface area contributed by atoms with Gasteiger partial charge in [0.1, 0.15) is 11.4 Å².